The molecule has 0 saturated carbocycles. The number of carbonyl (C=O) groups excluding carboxylic acids is 2. The summed E-state index contributed by atoms with van der Waals surface area (Å²) in [6.07, 6.45) is 1.51. The van der Waals surface area contributed by atoms with Gasteiger partial charge in [0, 0.05) is 17.6 Å². The molecule has 0 atom stereocenters. The summed E-state index contributed by atoms with van der Waals surface area (Å²) in [5, 5.41) is 7.50. The van der Waals surface area contributed by atoms with Crippen molar-refractivity contribution in [1.82, 2.24) is 4.98 Å². The first kappa shape index (κ1) is 16.2. The van der Waals surface area contributed by atoms with Gasteiger partial charge in [-0.1, -0.05) is 23.7 Å². The topological polar surface area (TPSA) is 71.1 Å². The van der Waals surface area contributed by atoms with E-state index in [4.69, 9.17) is 11.6 Å². The molecule has 2 aromatic heterocycles. The summed E-state index contributed by atoms with van der Waals surface area (Å²) in [5.74, 6) is -0.557. The number of amides is 2. The molecule has 1 aromatic carbocycles. The van der Waals surface area contributed by atoms with Crippen LogP contribution in [-0.4, -0.2) is 16.8 Å². The van der Waals surface area contributed by atoms with Crippen LogP contribution in [0.2, 0.25) is 5.15 Å². The zero-order chi connectivity index (χ0) is 16.9. The number of anilines is 2. The molecule has 0 aliphatic rings. The predicted molar refractivity (Wildman–Crippen MR) is 95.9 cm³/mol. The Bertz CT molecular complexity index is 881. The standard InChI is InChI=1S/C17H12ClN3O2S/c18-15-13(6-2-8-19-15)16(22)20-11-4-1-5-12(10-11)21-17(23)14-7-3-9-24-14/h1-10H,(H,20,22)(H,21,23). The summed E-state index contributed by atoms with van der Waals surface area (Å²) in [6, 6.07) is 13.7. The number of rotatable bonds is 4. The number of nitrogens with one attached hydrogen (secondary N) is 2. The molecule has 0 unspecified atom stereocenters. The molecule has 2 N–H and O–H groups in total. The fraction of sp³-hybridized carbons (Fsp3) is 0. The van der Waals surface area contributed by atoms with Gasteiger partial charge in [0.25, 0.3) is 11.8 Å². The monoisotopic (exact) mass is 357 g/mol. The molecule has 0 saturated heterocycles. The molecule has 0 bridgehead atoms. The molecule has 2 amide bonds. The minimum Gasteiger partial charge on any atom is -0.322 e. The van der Waals surface area contributed by atoms with Crippen LogP contribution in [0, 0.1) is 0 Å². The van der Waals surface area contributed by atoms with Crippen LogP contribution in [0.1, 0.15) is 20.0 Å². The van der Waals surface area contributed by atoms with Crippen molar-refractivity contribution in [3.63, 3.8) is 0 Å². The van der Waals surface area contributed by atoms with Gasteiger partial charge in [-0.05, 0) is 41.8 Å². The van der Waals surface area contributed by atoms with Crippen LogP contribution in [0.3, 0.4) is 0 Å². The summed E-state index contributed by atoms with van der Waals surface area (Å²) in [6.45, 7) is 0. The number of halogens is 1. The van der Waals surface area contributed by atoms with Gasteiger partial charge in [-0.15, -0.1) is 11.3 Å². The van der Waals surface area contributed by atoms with Gasteiger partial charge in [0.05, 0.1) is 10.4 Å². The number of nitrogens with zero attached hydrogens (tertiary/aromatic N) is 1. The summed E-state index contributed by atoms with van der Waals surface area (Å²) in [4.78, 5) is 28.8. The molecule has 5 nitrogen and oxygen atoms in total. The number of hydrogen-bond donors (Lipinski definition) is 2. The lowest BCUT2D eigenvalue weighted by molar-refractivity contribution is 0.102. The Labute approximate surface area is 147 Å². The number of benzene rings is 1. The smallest absolute Gasteiger partial charge is 0.265 e. The first-order valence-electron chi connectivity index (χ1n) is 7.00. The summed E-state index contributed by atoms with van der Waals surface area (Å²) < 4.78 is 0. The first-order valence-corrected chi connectivity index (χ1v) is 8.26. The van der Waals surface area contributed by atoms with Gasteiger partial charge < -0.3 is 10.6 Å². The molecule has 3 rings (SSSR count). The van der Waals surface area contributed by atoms with Gasteiger partial charge >= 0.3 is 0 Å². The van der Waals surface area contributed by atoms with Crippen molar-refractivity contribution in [2.45, 2.75) is 0 Å². The van der Waals surface area contributed by atoms with E-state index >= 15 is 0 Å². The van der Waals surface area contributed by atoms with Gasteiger partial charge in [0.15, 0.2) is 0 Å². The normalized spacial score (nSPS) is 10.2. The predicted octanol–water partition coefficient (Wildman–Crippen LogP) is 4.30. The summed E-state index contributed by atoms with van der Waals surface area (Å²) >= 11 is 7.28. The summed E-state index contributed by atoms with van der Waals surface area (Å²) in [5.41, 5.74) is 1.42. The fourth-order valence-electron chi connectivity index (χ4n) is 2.03. The van der Waals surface area contributed by atoms with Crippen molar-refractivity contribution in [2.24, 2.45) is 0 Å². The zero-order valence-electron chi connectivity index (χ0n) is 12.3. The average molecular weight is 358 g/mol. The number of thiophene rings is 1. The van der Waals surface area contributed by atoms with E-state index in [0.29, 0.717) is 16.3 Å². The Kier molecular flexibility index (Phi) is 4.88. The van der Waals surface area contributed by atoms with Crippen LogP contribution in [0.25, 0.3) is 0 Å². The minimum absolute atomic E-state index is 0.136. The van der Waals surface area contributed by atoms with Crippen molar-refractivity contribution in [3.05, 3.63) is 75.7 Å². The number of hydrogen-bond acceptors (Lipinski definition) is 4. The van der Waals surface area contributed by atoms with E-state index in [2.05, 4.69) is 15.6 Å². The summed E-state index contributed by atoms with van der Waals surface area (Å²) in [7, 11) is 0. The molecular formula is C17H12ClN3O2S. The van der Waals surface area contributed by atoms with Gasteiger partial charge in [-0.25, -0.2) is 4.98 Å². The molecule has 0 radical (unpaired) electrons. The van der Waals surface area contributed by atoms with Crippen LogP contribution in [0.15, 0.2) is 60.1 Å². The maximum absolute atomic E-state index is 12.2. The Morgan fingerprint density at radius 1 is 0.958 bits per heavy atom. The Balaban J connectivity index is 1.72. The van der Waals surface area contributed by atoms with Crippen LogP contribution in [-0.2, 0) is 0 Å². The first-order chi connectivity index (χ1) is 11.6. The zero-order valence-corrected chi connectivity index (χ0v) is 13.9. The maximum Gasteiger partial charge on any atom is 0.265 e. The highest BCUT2D eigenvalue weighted by molar-refractivity contribution is 7.12. The lowest BCUT2D eigenvalue weighted by Crippen LogP contribution is -2.14. The molecular weight excluding hydrogens is 346 g/mol. The van der Waals surface area contributed by atoms with Crippen LogP contribution >= 0.6 is 22.9 Å². The van der Waals surface area contributed by atoms with Gasteiger partial charge in [-0.3, -0.25) is 9.59 Å². The minimum atomic E-state index is -0.366. The van der Waals surface area contributed by atoms with Crippen LogP contribution < -0.4 is 10.6 Å². The molecule has 0 fully saturated rings. The van der Waals surface area contributed by atoms with Gasteiger partial charge in [-0.2, -0.15) is 0 Å². The Morgan fingerprint density at radius 3 is 2.38 bits per heavy atom. The van der Waals surface area contributed by atoms with Crippen LogP contribution in [0.4, 0.5) is 11.4 Å². The van der Waals surface area contributed by atoms with Crippen molar-refractivity contribution in [2.75, 3.05) is 10.6 Å². The highest BCUT2D eigenvalue weighted by atomic mass is 35.5. The van der Waals surface area contributed by atoms with E-state index < -0.39 is 0 Å². The van der Waals surface area contributed by atoms with E-state index in [1.54, 1.807) is 42.5 Å². The molecule has 120 valence electrons. The van der Waals surface area contributed by atoms with E-state index in [1.165, 1.54) is 17.5 Å². The van der Waals surface area contributed by atoms with Crippen molar-refractivity contribution < 1.29 is 9.59 Å². The molecule has 0 spiro atoms. The molecule has 24 heavy (non-hydrogen) atoms. The second-order valence-corrected chi connectivity index (χ2v) is 6.11. The third-order valence-electron chi connectivity index (χ3n) is 3.13. The third kappa shape index (κ3) is 3.79. The Hall–Kier alpha value is -2.70. The molecule has 3 aromatic rings. The van der Waals surface area contributed by atoms with Crippen molar-refractivity contribution in [1.29, 1.82) is 0 Å². The van der Waals surface area contributed by atoms with Crippen molar-refractivity contribution in [3.8, 4) is 0 Å². The largest absolute Gasteiger partial charge is 0.322 e. The van der Waals surface area contributed by atoms with Gasteiger partial charge in [0.2, 0.25) is 0 Å². The second-order valence-electron chi connectivity index (χ2n) is 4.81. The maximum atomic E-state index is 12.2. The lowest BCUT2D eigenvalue weighted by Gasteiger charge is -2.09. The Morgan fingerprint density at radius 2 is 1.71 bits per heavy atom. The molecule has 0 aliphatic carbocycles. The number of pyridine rings is 1. The van der Waals surface area contributed by atoms with E-state index in [0.717, 1.165) is 0 Å². The molecule has 7 heteroatoms. The highest BCUT2D eigenvalue weighted by Gasteiger charge is 2.12. The molecule has 2 heterocycles. The second kappa shape index (κ2) is 7.25. The quantitative estimate of drug-likeness (QED) is 0.684. The molecule has 0 aliphatic heterocycles. The fourth-order valence-corrected chi connectivity index (χ4v) is 2.85. The average Bonchev–Trinajstić information content (AvgIpc) is 3.10. The SMILES string of the molecule is O=C(Nc1cccc(NC(=O)c2cccnc2Cl)c1)c1cccs1. The number of aromatic nitrogens is 1. The van der Waals surface area contributed by atoms with E-state index in [1.807, 2.05) is 11.4 Å². The van der Waals surface area contributed by atoms with Crippen molar-refractivity contribution >= 4 is 46.1 Å². The van der Waals surface area contributed by atoms with Gasteiger partial charge in [0.1, 0.15) is 5.15 Å². The third-order valence-corrected chi connectivity index (χ3v) is 4.30. The lowest BCUT2D eigenvalue weighted by atomic mass is 10.2. The van der Waals surface area contributed by atoms with E-state index in [9.17, 15) is 9.59 Å². The number of carbonyl (C=O) groups is 2. The van der Waals surface area contributed by atoms with E-state index in [-0.39, 0.29) is 22.5 Å². The highest BCUT2D eigenvalue weighted by Crippen LogP contribution is 2.19. The van der Waals surface area contributed by atoms with Crippen LogP contribution in [0.5, 0.6) is 0 Å².